The third kappa shape index (κ3) is 4.82. The number of nitrogens with one attached hydrogen (secondary N) is 1. The fraction of sp³-hybridized carbons (Fsp3) is 0.381. The number of alkyl halides is 3. The molecule has 9 heteroatoms. The fourth-order valence-electron chi connectivity index (χ4n) is 3.00. The second-order valence-electron chi connectivity index (χ2n) is 7.03. The van der Waals surface area contributed by atoms with Crippen LogP contribution in [-0.2, 0) is 10.4 Å². The second-order valence-corrected chi connectivity index (χ2v) is 8.22. The second kappa shape index (κ2) is 9.25. The smallest absolute Gasteiger partial charge is 0.386 e. The van der Waals surface area contributed by atoms with Crippen LogP contribution in [0.5, 0.6) is 0 Å². The van der Waals surface area contributed by atoms with E-state index >= 15 is 0 Å². The Labute approximate surface area is 189 Å². The van der Waals surface area contributed by atoms with Gasteiger partial charge < -0.3 is 10.2 Å². The highest BCUT2D eigenvalue weighted by molar-refractivity contribution is 6.48. The number of halogens is 6. The lowest BCUT2D eigenvalue weighted by Gasteiger charge is -2.30. The predicted molar refractivity (Wildman–Crippen MR) is 117 cm³/mol. The van der Waals surface area contributed by atoms with Gasteiger partial charge in [-0.1, -0.05) is 52.6 Å². The highest BCUT2D eigenvalue weighted by Crippen LogP contribution is 2.50. The zero-order chi connectivity index (χ0) is 22.9. The lowest BCUT2D eigenvalue weighted by Crippen LogP contribution is -2.42. The van der Waals surface area contributed by atoms with E-state index < -0.39 is 18.2 Å². The molecule has 3 nitrogen and oxygen atoms in total. The standard InChI is InChI=1S/C21H22Cl3F3N2O/c1-6-28-14(5)13(4)11(2)7-12(3)18-10-20(30-29-18,21(25,26)27)15-8-16(22)19(24)17(23)9-15/h7-9,28H,5-6,10H2,1-4H3/b12-7+,13-11+. The van der Waals surface area contributed by atoms with Crippen molar-refractivity contribution in [2.45, 2.75) is 45.9 Å². The van der Waals surface area contributed by atoms with Crippen molar-refractivity contribution in [1.29, 1.82) is 0 Å². The van der Waals surface area contributed by atoms with Gasteiger partial charge >= 0.3 is 6.18 Å². The van der Waals surface area contributed by atoms with Crippen LogP contribution in [0.4, 0.5) is 13.2 Å². The van der Waals surface area contributed by atoms with Gasteiger partial charge in [0.2, 0.25) is 0 Å². The molecule has 1 N–H and O–H groups in total. The summed E-state index contributed by atoms with van der Waals surface area (Å²) in [7, 11) is 0. The highest BCUT2D eigenvalue weighted by atomic mass is 35.5. The van der Waals surface area contributed by atoms with Gasteiger partial charge in [-0.05, 0) is 56.5 Å². The average molecular weight is 482 g/mol. The molecule has 0 amide bonds. The molecule has 1 aromatic carbocycles. The fourth-order valence-corrected chi connectivity index (χ4v) is 3.60. The summed E-state index contributed by atoms with van der Waals surface area (Å²) in [5.41, 5.74) is 0.264. The molecule has 1 heterocycles. The van der Waals surface area contributed by atoms with Crippen molar-refractivity contribution in [3.05, 3.63) is 67.8 Å². The van der Waals surface area contributed by atoms with Crippen LogP contribution in [0.3, 0.4) is 0 Å². The lowest BCUT2D eigenvalue weighted by atomic mass is 9.86. The van der Waals surface area contributed by atoms with Gasteiger partial charge in [-0.2, -0.15) is 13.2 Å². The molecular weight excluding hydrogens is 460 g/mol. The van der Waals surface area contributed by atoms with Crippen LogP contribution in [0.1, 0.15) is 39.7 Å². The molecule has 1 aromatic rings. The summed E-state index contributed by atoms with van der Waals surface area (Å²) in [6.45, 7) is 12.0. The van der Waals surface area contributed by atoms with Gasteiger partial charge in [-0.15, -0.1) is 0 Å². The molecule has 0 saturated heterocycles. The molecule has 1 atom stereocenters. The number of benzene rings is 1. The van der Waals surface area contributed by atoms with Crippen LogP contribution in [0, 0.1) is 0 Å². The molecule has 164 valence electrons. The van der Waals surface area contributed by atoms with Gasteiger partial charge in [-0.25, -0.2) is 0 Å². The summed E-state index contributed by atoms with van der Waals surface area (Å²) in [6, 6.07) is 2.22. The molecule has 2 rings (SSSR count). The molecule has 1 aliphatic rings. The van der Waals surface area contributed by atoms with Crippen LogP contribution in [-0.4, -0.2) is 18.4 Å². The minimum absolute atomic E-state index is 0.0215. The molecule has 0 spiro atoms. The van der Waals surface area contributed by atoms with Gasteiger partial charge in [0, 0.05) is 24.2 Å². The van der Waals surface area contributed by atoms with Gasteiger partial charge in [0.15, 0.2) is 0 Å². The first-order valence-electron chi connectivity index (χ1n) is 9.10. The molecule has 30 heavy (non-hydrogen) atoms. The predicted octanol–water partition coefficient (Wildman–Crippen LogP) is 7.59. The monoisotopic (exact) mass is 480 g/mol. The third-order valence-electron chi connectivity index (χ3n) is 4.96. The third-order valence-corrected chi connectivity index (χ3v) is 6.16. The Morgan fingerprint density at radius 1 is 1.23 bits per heavy atom. The maximum atomic E-state index is 14.1. The quantitative estimate of drug-likeness (QED) is 0.335. The number of hydrogen-bond acceptors (Lipinski definition) is 3. The average Bonchev–Trinajstić information content (AvgIpc) is 3.12. The summed E-state index contributed by atoms with van der Waals surface area (Å²) >= 11 is 17.8. The molecule has 0 fully saturated rings. The van der Waals surface area contributed by atoms with Crippen molar-refractivity contribution < 1.29 is 18.0 Å². The molecule has 0 radical (unpaired) electrons. The normalized spacial score (nSPS) is 20.5. The Morgan fingerprint density at radius 3 is 2.30 bits per heavy atom. The number of oxime groups is 1. The Hall–Kier alpha value is -1.63. The van der Waals surface area contributed by atoms with Crippen molar-refractivity contribution in [2.75, 3.05) is 6.54 Å². The zero-order valence-electron chi connectivity index (χ0n) is 17.0. The lowest BCUT2D eigenvalue weighted by molar-refractivity contribution is -0.275. The first-order chi connectivity index (χ1) is 13.8. The Kier molecular flexibility index (Phi) is 7.59. The van der Waals surface area contributed by atoms with Gasteiger partial charge in [0.05, 0.1) is 20.8 Å². The molecule has 0 bridgehead atoms. The van der Waals surface area contributed by atoms with E-state index in [4.69, 9.17) is 39.6 Å². The van der Waals surface area contributed by atoms with Crippen molar-refractivity contribution in [3.8, 4) is 0 Å². The van der Waals surface area contributed by atoms with E-state index in [1.54, 1.807) is 13.0 Å². The van der Waals surface area contributed by atoms with Gasteiger partial charge in [0.1, 0.15) is 0 Å². The van der Waals surface area contributed by atoms with Crippen LogP contribution >= 0.6 is 34.8 Å². The molecule has 1 unspecified atom stereocenters. The molecule has 0 aliphatic carbocycles. The van der Waals surface area contributed by atoms with Crippen LogP contribution in [0.2, 0.25) is 15.1 Å². The first-order valence-corrected chi connectivity index (χ1v) is 10.2. The SMILES string of the molecule is C=C(NCC)/C(C)=C(C)/C=C(\C)C1=NOC(c2cc(Cl)c(Cl)c(Cl)c2)(C(F)(F)F)C1. The van der Waals surface area contributed by atoms with Crippen molar-refractivity contribution in [2.24, 2.45) is 5.16 Å². The van der Waals surface area contributed by atoms with Crippen LogP contribution in [0.25, 0.3) is 0 Å². The maximum absolute atomic E-state index is 14.1. The Bertz CT molecular complexity index is 928. The first kappa shape index (κ1) is 24.6. The van der Waals surface area contributed by atoms with Crippen molar-refractivity contribution >= 4 is 40.5 Å². The summed E-state index contributed by atoms with van der Waals surface area (Å²) < 4.78 is 42.4. The summed E-state index contributed by atoms with van der Waals surface area (Å²) in [5, 5.41) is 6.66. The summed E-state index contributed by atoms with van der Waals surface area (Å²) in [6.07, 6.45) is -3.53. The maximum Gasteiger partial charge on any atom is 0.435 e. The van der Waals surface area contributed by atoms with E-state index in [1.807, 2.05) is 20.8 Å². The number of likely N-dealkylation sites (N-methyl/N-ethyl adjacent to an activating group) is 1. The van der Waals surface area contributed by atoms with E-state index in [-0.39, 0.29) is 26.3 Å². The Balaban J connectivity index is 2.43. The zero-order valence-corrected chi connectivity index (χ0v) is 19.2. The molecule has 0 aromatic heterocycles. The molecule has 1 aliphatic heterocycles. The summed E-state index contributed by atoms with van der Waals surface area (Å²) in [5.74, 6) is 0. The van der Waals surface area contributed by atoms with E-state index in [0.29, 0.717) is 12.1 Å². The number of allylic oxidation sites excluding steroid dienone is 4. The van der Waals surface area contributed by atoms with Gasteiger partial charge in [-0.3, -0.25) is 0 Å². The largest absolute Gasteiger partial charge is 0.435 e. The summed E-state index contributed by atoms with van der Waals surface area (Å²) in [4.78, 5) is 5.02. The number of rotatable bonds is 6. The van der Waals surface area contributed by atoms with Crippen molar-refractivity contribution in [1.82, 2.24) is 5.32 Å². The van der Waals surface area contributed by atoms with Gasteiger partial charge in [0.25, 0.3) is 5.60 Å². The van der Waals surface area contributed by atoms with E-state index in [2.05, 4.69) is 17.1 Å². The Morgan fingerprint density at radius 2 is 1.80 bits per heavy atom. The minimum atomic E-state index is -4.76. The minimum Gasteiger partial charge on any atom is -0.386 e. The molecular formula is C21H22Cl3F3N2O. The topological polar surface area (TPSA) is 33.6 Å². The van der Waals surface area contributed by atoms with E-state index in [1.165, 1.54) is 0 Å². The van der Waals surface area contributed by atoms with E-state index in [0.717, 1.165) is 29.0 Å². The highest BCUT2D eigenvalue weighted by Gasteiger charge is 2.62. The number of hydrogen-bond donors (Lipinski definition) is 1. The van der Waals surface area contributed by atoms with Crippen molar-refractivity contribution in [3.63, 3.8) is 0 Å². The molecule has 0 saturated carbocycles. The van der Waals surface area contributed by atoms with Crippen LogP contribution < -0.4 is 5.32 Å². The number of nitrogens with zero attached hydrogens (tertiary/aromatic N) is 1. The van der Waals surface area contributed by atoms with E-state index in [9.17, 15) is 13.2 Å². The van der Waals surface area contributed by atoms with Crippen LogP contribution in [0.15, 0.2) is 52.4 Å².